The average molecular weight is 831 g/mol. The molecule has 0 N–H and O–H groups in total. The smallest absolute Gasteiger partial charge is 0.341 e. The van der Waals surface area contributed by atoms with Gasteiger partial charge in [-0.15, -0.1) is 0 Å². The summed E-state index contributed by atoms with van der Waals surface area (Å²) in [7, 11) is 3.32. The number of methoxy groups -OCH3 is 2. The Kier molecular flexibility index (Phi) is 11.4. The van der Waals surface area contributed by atoms with Gasteiger partial charge in [0.05, 0.1) is 39.9 Å². The minimum absolute atomic E-state index is 0.0262. The monoisotopic (exact) mass is 828 g/mol. The average Bonchev–Trinajstić information content (AvgIpc) is 4.03. The Hall–Kier alpha value is -4.07. The van der Waals surface area contributed by atoms with Gasteiger partial charge in [-0.2, -0.15) is 0 Å². The zero-order valence-electron chi connectivity index (χ0n) is 31.5. The van der Waals surface area contributed by atoms with Gasteiger partial charge in [0.1, 0.15) is 17.1 Å². The third-order valence-corrected chi connectivity index (χ3v) is 13.7. The molecule has 2 atom stereocenters. The van der Waals surface area contributed by atoms with Gasteiger partial charge in [0.15, 0.2) is 0 Å². The van der Waals surface area contributed by atoms with Gasteiger partial charge in [0, 0.05) is 67.8 Å². The highest BCUT2D eigenvalue weighted by Crippen LogP contribution is 2.57. The molecule has 290 valence electrons. The van der Waals surface area contributed by atoms with Gasteiger partial charge in [-0.25, -0.2) is 4.79 Å². The summed E-state index contributed by atoms with van der Waals surface area (Å²) in [6.45, 7) is 4.19. The third-order valence-electron chi connectivity index (χ3n) is 11.9. The maximum absolute atomic E-state index is 14.3. The summed E-state index contributed by atoms with van der Waals surface area (Å²) in [5, 5.41) is 0.317. The molecule has 6 nitrogen and oxygen atoms in total. The number of halogens is 4. The minimum atomic E-state index is -1.29. The van der Waals surface area contributed by atoms with E-state index in [1.807, 2.05) is 24.3 Å². The number of anilines is 2. The number of esters is 1. The zero-order chi connectivity index (χ0) is 39.0. The molecule has 0 amide bonds. The van der Waals surface area contributed by atoms with Crippen molar-refractivity contribution in [3.63, 3.8) is 0 Å². The maximum atomic E-state index is 14.3. The first-order chi connectivity index (χ1) is 27.2. The van der Waals surface area contributed by atoms with Gasteiger partial charge in [-0.05, 0) is 96.5 Å². The molecule has 0 aromatic heterocycles. The quantitative estimate of drug-likeness (QED) is 0.0709. The lowest BCUT2D eigenvalue weighted by atomic mass is 9.72. The molecule has 8 rings (SSSR count). The first-order valence-corrected chi connectivity index (χ1v) is 20.8. The predicted octanol–water partition coefficient (Wildman–Crippen LogP) is 12.3. The molecule has 5 aromatic carbocycles. The Balaban J connectivity index is 1.30. The van der Waals surface area contributed by atoms with Gasteiger partial charge in [0.2, 0.25) is 0 Å². The fraction of sp³-hybridized carbons (Fsp3) is 0.326. The van der Waals surface area contributed by atoms with E-state index in [4.69, 9.17) is 60.6 Å². The van der Waals surface area contributed by atoms with E-state index in [1.165, 1.54) is 37.1 Å². The Bertz CT molecular complexity index is 2070. The molecular formula is C46H44Cl4N2O4. The normalized spacial score (nSPS) is 18.9. The highest BCUT2D eigenvalue weighted by atomic mass is 35.5. The van der Waals surface area contributed by atoms with Crippen molar-refractivity contribution >= 4 is 63.7 Å². The fourth-order valence-corrected chi connectivity index (χ4v) is 9.98. The van der Waals surface area contributed by atoms with E-state index in [9.17, 15) is 4.79 Å². The van der Waals surface area contributed by atoms with Gasteiger partial charge in [0.25, 0.3) is 0 Å². The molecule has 0 radical (unpaired) electrons. The highest BCUT2D eigenvalue weighted by Gasteiger charge is 2.52. The van der Waals surface area contributed by atoms with Gasteiger partial charge in [-0.3, -0.25) is 0 Å². The molecule has 0 saturated carbocycles. The molecule has 5 aromatic rings. The van der Waals surface area contributed by atoms with Crippen molar-refractivity contribution in [2.45, 2.75) is 56.0 Å². The molecule has 3 aliphatic rings. The topological polar surface area (TPSA) is 51.2 Å². The van der Waals surface area contributed by atoms with Crippen LogP contribution in [-0.2, 0) is 10.3 Å². The van der Waals surface area contributed by atoms with Crippen molar-refractivity contribution in [1.82, 2.24) is 0 Å². The number of benzene rings is 5. The van der Waals surface area contributed by atoms with Gasteiger partial charge in [-0.1, -0.05) is 94.9 Å². The lowest BCUT2D eigenvalue weighted by molar-refractivity contribution is -0.0217. The summed E-state index contributed by atoms with van der Waals surface area (Å²) in [6.07, 6.45) is 5.44. The number of fused-ring (bicyclic) bond motifs is 1. The summed E-state index contributed by atoms with van der Waals surface area (Å²) >= 11 is 27.6. The minimum Gasteiger partial charge on any atom is -0.497 e. The summed E-state index contributed by atoms with van der Waals surface area (Å²) in [4.78, 5) is 19.1. The molecule has 0 bridgehead atoms. The zero-order valence-corrected chi connectivity index (χ0v) is 34.5. The number of carbonyl (C=O) groups is 1. The van der Waals surface area contributed by atoms with Crippen LogP contribution >= 0.6 is 46.4 Å². The molecule has 0 aliphatic carbocycles. The largest absolute Gasteiger partial charge is 0.497 e. The van der Waals surface area contributed by atoms with E-state index in [1.54, 1.807) is 14.2 Å². The first kappa shape index (κ1) is 38.8. The van der Waals surface area contributed by atoms with Crippen LogP contribution in [-0.4, -0.2) is 46.4 Å². The second-order valence-electron chi connectivity index (χ2n) is 15.0. The van der Waals surface area contributed by atoms with Crippen molar-refractivity contribution in [1.29, 1.82) is 0 Å². The van der Waals surface area contributed by atoms with Crippen LogP contribution in [0.25, 0.3) is 0 Å². The second-order valence-corrected chi connectivity index (χ2v) is 16.5. The number of hydrogen-bond acceptors (Lipinski definition) is 6. The standard InChI is InChI=1S/C46H44Cl4N2O4/c1-54-35-19-11-31(12-20-35)37(29-7-15-33(16-8-29)51-23-3-4-24-51)27-46(40-39(45(53)56-46)41(47)43(49)44(50)42(40)48)28-38(32-13-21-36(55-2)22-14-32)30-9-17-34(18-10-30)52-25-5-6-26-52/h7-22,37-38H,3-6,23-28H2,1-2H3. The summed E-state index contributed by atoms with van der Waals surface area (Å²) in [5.74, 6) is 0.423. The van der Waals surface area contributed by atoms with Crippen LogP contribution in [0.4, 0.5) is 11.4 Å². The van der Waals surface area contributed by atoms with E-state index in [0.29, 0.717) is 18.4 Å². The third kappa shape index (κ3) is 7.42. The van der Waals surface area contributed by atoms with Crippen molar-refractivity contribution in [2.75, 3.05) is 50.2 Å². The first-order valence-electron chi connectivity index (χ1n) is 19.3. The van der Waals surface area contributed by atoms with E-state index < -0.39 is 11.6 Å². The number of carbonyl (C=O) groups excluding carboxylic acids is 1. The highest BCUT2D eigenvalue weighted by molar-refractivity contribution is 6.53. The molecule has 2 unspecified atom stereocenters. The number of rotatable bonds is 12. The van der Waals surface area contributed by atoms with Crippen LogP contribution in [0.3, 0.4) is 0 Å². The van der Waals surface area contributed by atoms with Crippen LogP contribution < -0.4 is 19.3 Å². The molecule has 3 aliphatic heterocycles. The van der Waals surface area contributed by atoms with Crippen molar-refractivity contribution < 1.29 is 19.0 Å². The van der Waals surface area contributed by atoms with E-state index in [2.05, 4.69) is 82.6 Å². The molecule has 56 heavy (non-hydrogen) atoms. The molecule has 0 spiro atoms. The van der Waals surface area contributed by atoms with Crippen LogP contribution in [0, 0.1) is 0 Å². The molecule has 3 heterocycles. The Morgan fingerprint density at radius 2 is 0.911 bits per heavy atom. The van der Waals surface area contributed by atoms with Crippen molar-refractivity contribution in [3.8, 4) is 11.5 Å². The fourth-order valence-electron chi connectivity index (χ4n) is 8.88. The van der Waals surface area contributed by atoms with E-state index in [0.717, 1.165) is 59.9 Å². The number of hydrogen-bond donors (Lipinski definition) is 0. The van der Waals surface area contributed by atoms with Crippen LogP contribution in [0.15, 0.2) is 97.1 Å². The number of ether oxygens (including phenoxy) is 3. The number of cyclic esters (lactones) is 1. The number of nitrogens with zero attached hydrogens (tertiary/aromatic N) is 2. The van der Waals surface area contributed by atoms with Crippen LogP contribution in [0.1, 0.15) is 88.5 Å². The van der Waals surface area contributed by atoms with Crippen LogP contribution in [0.2, 0.25) is 20.1 Å². The van der Waals surface area contributed by atoms with Crippen LogP contribution in [0.5, 0.6) is 11.5 Å². The lowest BCUT2D eigenvalue weighted by Crippen LogP contribution is -2.32. The predicted molar refractivity (Wildman–Crippen MR) is 228 cm³/mol. The maximum Gasteiger partial charge on any atom is 0.341 e. The summed E-state index contributed by atoms with van der Waals surface area (Å²) in [5.41, 5.74) is 5.91. The molecule has 10 heteroatoms. The second kappa shape index (κ2) is 16.4. The SMILES string of the molecule is COc1ccc(C(CC2(CC(c3ccc(OC)cc3)c3ccc(N4CCCC4)cc3)OC(=O)c3c(Cl)c(Cl)c(Cl)c(Cl)c32)c2ccc(N3CCCC3)cc2)cc1. The van der Waals surface area contributed by atoms with E-state index in [-0.39, 0.29) is 37.5 Å². The van der Waals surface area contributed by atoms with E-state index >= 15 is 0 Å². The van der Waals surface area contributed by atoms with Crippen molar-refractivity contribution in [3.05, 3.63) is 151 Å². The van der Waals surface area contributed by atoms with Gasteiger partial charge >= 0.3 is 5.97 Å². The Morgan fingerprint density at radius 1 is 0.554 bits per heavy atom. The van der Waals surface area contributed by atoms with Gasteiger partial charge < -0.3 is 24.0 Å². The molecule has 2 fully saturated rings. The lowest BCUT2D eigenvalue weighted by Gasteiger charge is -2.37. The molecular weight excluding hydrogens is 786 g/mol. The summed E-state index contributed by atoms with van der Waals surface area (Å²) in [6, 6.07) is 33.7. The summed E-state index contributed by atoms with van der Waals surface area (Å²) < 4.78 is 17.9. The molecule has 2 saturated heterocycles. The Labute approximate surface area is 349 Å². The Morgan fingerprint density at radius 3 is 1.29 bits per heavy atom. The van der Waals surface area contributed by atoms with Crippen molar-refractivity contribution in [2.24, 2.45) is 0 Å².